The van der Waals surface area contributed by atoms with Crippen LogP contribution in [0.1, 0.15) is 35.9 Å². The summed E-state index contributed by atoms with van der Waals surface area (Å²) in [7, 11) is 0. The lowest BCUT2D eigenvalue weighted by atomic mass is 9.94. The Bertz CT molecular complexity index is 337. The highest BCUT2D eigenvalue weighted by atomic mass is 32.1. The number of fused-ring (bicyclic) bond motifs is 1. The third-order valence-electron chi connectivity index (χ3n) is 3.76. The summed E-state index contributed by atoms with van der Waals surface area (Å²) < 4.78 is 4.30. The molecule has 1 aromatic heterocycles. The van der Waals surface area contributed by atoms with Gasteiger partial charge in [-0.1, -0.05) is 0 Å². The Labute approximate surface area is 88.7 Å². The van der Waals surface area contributed by atoms with Crippen molar-refractivity contribution in [2.24, 2.45) is 23.5 Å². The Kier molecular flexibility index (Phi) is 1.92. The first-order valence-electron chi connectivity index (χ1n) is 5.43. The molecule has 0 aliphatic heterocycles. The molecule has 0 amide bonds. The molecule has 3 rings (SSSR count). The number of hydrogen-bond donors (Lipinski definition) is 1. The molecule has 3 unspecified atom stereocenters. The Balaban J connectivity index is 1.72. The number of aryl methyl sites for hydroxylation is 1. The van der Waals surface area contributed by atoms with Crippen molar-refractivity contribution in [3.05, 3.63) is 16.6 Å². The van der Waals surface area contributed by atoms with E-state index in [4.69, 9.17) is 5.73 Å². The second-order valence-corrected chi connectivity index (χ2v) is 5.72. The number of aromatic nitrogens is 1. The summed E-state index contributed by atoms with van der Waals surface area (Å²) >= 11 is 1.59. The van der Waals surface area contributed by atoms with Gasteiger partial charge in [0, 0.05) is 10.9 Å². The SMILES string of the molecule is Cc1cc(C(N)C2CC3CC3C2)sn1. The molecule has 3 atom stereocenters. The van der Waals surface area contributed by atoms with Crippen LogP contribution < -0.4 is 5.73 Å². The van der Waals surface area contributed by atoms with Gasteiger partial charge in [-0.25, -0.2) is 0 Å². The second kappa shape index (κ2) is 3.04. The first-order chi connectivity index (χ1) is 6.74. The van der Waals surface area contributed by atoms with Crippen LogP contribution in [0.25, 0.3) is 0 Å². The average molecular weight is 208 g/mol. The molecule has 2 nitrogen and oxygen atoms in total. The second-order valence-electron chi connectivity index (χ2n) is 4.88. The van der Waals surface area contributed by atoms with Gasteiger partial charge in [0.1, 0.15) is 0 Å². The topological polar surface area (TPSA) is 38.9 Å². The van der Waals surface area contributed by atoms with Gasteiger partial charge in [-0.05, 0) is 61.5 Å². The zero-order chi connectivity index (χ0) is 9.71. The first kappa shape index (κ1) is 8.86. The van der Waals surface area contributed by atoms with Crippen molar-refractivity contribution < 1.29 is 0 Å². The van der Waals surface area contributed by atoms with Crippen molar-refractivity contribution in [1.82, 2.24) is 4.37 Å². The largest absolute Gasteiger partial charge is 0.323 e. The minimum absolute atomic E-state index is 0.258. The van der Waals surface area contributed by atoms with Crippen LogP contribution in [0.15, 0.2) is 6.07 Å². The number of nitrogens with zero attached hydrogens (tertiary/aromatic N) is 1. The molecule has 3 heteroatoms. The van der Waals surface area contributed by atoms with Gasteiger partial charge in [-0.3, -0.25) is 0 Å². The predicted molar refractivity (Wildman–Crippen MR) is 58.1 cm³/mol. The highest BCUT2D eigenvalue weighted by Crippen LogP contribution is 2.56. The monoisotopic (exact) mass is 208 g/mol. The van der Waals surface area contributed by atoms with Crippen LogP contribution in [0, 0.1) is 24.7 Å². The highest BCUT2D eigenvalue weighted by Gasteiger charge is 2.47. The van der Waals surface area contributed by atoms with Crippen molar-refractivity contribution in [1.29, 1.82) is 0 Å². The van der Waals surface area contributed by atoms with Crippen molar-refractivity contribution in [3.63, 3.8) is 0 Å². The standard InChI is InChI=1S/C11H16N2S/c1-6-2-10(14-13-6)11(12)9-4-7-3-8(7)5-9/h2,7-9,11H,3-5,12H2,1H3. The molecule has 0 aromatic carbocycles. The summed E-state index contributed by atoms with van der Waals surface area (Å²) in [6, 6.07) is 2.41. The molecule has 2 N–H and O–H groups in total. The molecule has 1 aromatic rings. The highest BCUT2D eigenvalue weighted by molar-refractivity contribution is 7.05. The minimum Gasteiger partial charge on any atom is -0.323 e. The Morgan fingerprint density at radius 3 is 2.71 bits per heavy atom. The van der Waals surface area contributed by atoms with Gasteiger partial charge >= 0.3 is 0 Å². The zero-order valence-corrected chi connectivity index (χ0v) is 9.26. The van der Waals surface area contributed by atoms with E-state index in [0.29, 0.717) is 0 Å². The quantitative estimate of drug-likeness (QED) is 0.811. The van der Waals surface area contributed by atoms with Crippen LogP contribution in [-0.4, -0.2) is 4.37 Å². The molecule has 0 bridgehead atoms. The summed E-state index contributed by atoms with van der Waals surface area (Å²) in [6.45, 7) is 2.04. The average Bonchev–Trinajstić information content (AvgIpc) is 2.64. The maximum absolute atomic E-state index is 6.27. The van der Waals surface area contributed by atoms with Gasteiger partial charge in [-0.2, -0.15) is 4.37 Å². The molecule has 0 spiro atoms. The molecule has 76 valence electrons. The summed E-state index contributed by atoms with van der Waals surface area (Å²) in [5, 5.41) is 0. The van der Waals surface area contributed by atoms with E-state index in [1.54, 1.807) is 11.5 Å². The van der Waals surface area contributed by atoms with Crippen LogP contribution >= 0.6 is 11.5 Å². The molecule has 0 saturated heterocycles. The molecule has 2 aliphatic carbocycles. The van der Waals surface area contributed by atoms with E-state index >= 15 is 0 Å². The Morgan fingerprint density at radius 1 is 1.43 bits per heavy atom. The maximum Gasteiger partial charge on any atom is 0.0514 e. The first-order valence-corrected chi connectivity index (χ1v) is 6.20. The van der Waals surface area contributed by atoms with Crippen LogP contribution in [0.4, 0.5) is 0 Å². The molecular weight excluding hydrogens is 192 g/mol. The molecule has 2 saturated carbocycles. The number of rotatable bonds is 2. The van der Waals surface area contributed by atoms with Crippen LogP contribution in [0.2, 0.25) is 0 Å². The molecule has 14 heavy (non-hydrogen) atoms. The van der Waals surface area contributed by atoms with Crippen LogP contribution in [0.5, 0.6) is 0 Å². The third-order valence-corrected chi connectivity index (χ3v) is 4.74. The summed E-state index contributed by atoms with van der Waals surface area (Å²) in [6.07, 6.45) is 4.20. The van der Waals surface area contributed by atoms with E-state index in [2.05, 4.69) is 10.4 Å². The Hall–Kier alpha value is -0.410. The number of hydrogen-bond acceptors (Lipinski definition) is 3. The minimum atomic E-state index is 0.258. The predicted octanol–water partition coefficient (Wildman–Crippen LogP) is 2.50. The summed E-state index contributed by atoms with van der Waals surface area (Å²) in [4.78, 5) is 1.29. The normalized spacial score (nSPS) is 36.9. The van der Waals surface area contributed by atoms with Crippen molar-refractivity contribution in [3.8, 4) is 0 Å². The van der Waals surface area contributed by atoms with Gasteiger partial charge in [-0.15, -0.1) is 0 Å². The van der Waals surface area contributed by atoms with Crippen molar-refractivity contribution >= 4 is 11.5 Å². The van der Waals surface area contributed by atoms with E-state index in [0.717, 1.165) is 23.4 Å². The van der Waals surface area contributed by atoms with Gasteiger partial charge in [0.15, 0.2) is 0 Å². The third kappa shape index (κ3) is 1.39. The number of nitrogens with two attached hydrogens (primary N) is 1. The van der Waals surface area contributed by atoms with E-state index in [1.807, 2.05) is 6.92 Å². The summed E-state index contributed by atoms with van der Waals surface area (Å²) in [5.41, 5.74) is 7.38. The van der Waals surface area contributed by atoms with Crippen LogP contribution in [0.3, 0.4) is 0 Å². The van der Waals surface area contributed by atoms with E-state index in [9.17, 15) is 0 Å². The van der Waals surface area contributed by atoms with Gasteiger partial charge < -0.3 is 5.73 Å². The smallest absolute Gasteiger partial charge is 0.0514 e. The molecule has 0 radical (unpaired) electrons. The van der Waals surface area contributed by atoms with Gasteiger partial charge in [0.25, 0.3) is 0 Å². The fraction of sp³-hybridized carbons (Fsp3) is 0.727. The van der Waals surface area contributed by atoms with Gasteiger partial charge in [0.05, 0.1) is 5.69 Å². The fourth-order valence-electron chi connectivity index (χ4n) is 2.83. The lowest BCUT2D eigenvalue weighted by molar-refractivity contribution is 0.408. The summed E-state index contributed by atoms with van der Waals surface area (Å²) in [5.74, 6) is 2.79. The van der Waals surface area contributed by atoms with Crippen molar-refractivity contribution in [2.75, 3.05) is 0 Å². The maximum atomic E-state index is 6.27. The van der Waals surface area contributed by atoms with E-state index in [1.165, 1.54) is 24.1 Å². The zero-order valence-electron chi connectivity index (χ0n) is 8.44. The molecule has 1 heterocycles. The molecular formula is C11H16N2S. The fourth-order valence-corrected chi connectivity index (χ4v) is 3.67. The van der Waals surface area contributed by atoms with Crippen LogP contribution in [-0.2, 0) is 0 Å². The molecule has 2 fully saturated rings. The lowest BCUT2D eigenvalue weighted by Crippen LogP contribution is -2.19. The molecule has 2 aliphatic rings. The van der Waals surface area contributed by atoms with Gasteiger partial charge in [0.2, 0.25) is 0 Å². The van der Waals surface area contributed by atoms with Crippen molar-refractivity contribution in [2.45, 2.75) is 32.2 Å². The van der Waals surface area contributed by atoms with E-state index in [-0.39, 0.29) is 6.04 Å². The lowest BCUT2D eigenvalue weighted by Gasteiger charge is -2.18. The Morgan fingerprint density at radius 2 is 2.14 bits per heavy atom. The van der Waals surface area contributed by atoms with E-state index < -0.39 is 0 Å².